The highest BCUT2D eigenvalue weighted by molar-refractivity contribution is 7.89. The molecule has 1 aromatic rings. The molecule has 8 heteroatoms. The Morgan fingerprint density at radius 3 is 2.14 bits per heavy atom. The molecule has 2 rings (SSSR count). The summed E-state index contributed by atoms with van der Waals surface area (Å²) in [6, 6.07) is 5.79. The summed E-state index contributed by atoms with van der Waals surface area (Å²) in [5, 5.41) is 7.82. The van der Waals surface area contributed by atoms with E-state index in [4.69, 9.17) is 10.9 Å². The fraction of sp³-hybridized carbons (Fsp3) is 0.462. The molecule has 6 nitrogen and oxygen atoms in total. The lowest BCUT2D eigenvalue weighted by molar-refractivity contribution is -0.124. The van der Waals surface area contributed by atoms with Gasteiger partial charge in [0, 0.05) is 12.2 Å². The molecule has 5 N–H and O–H groups in total. The minimum absolute atomic E-state index is 0. The number of sulfonamides is 1. The number of carbonyl (C=O) groups excluding carboxylic acids is 1. The second kappa shape index (κ2) is 6.74. The number of nitrogens with one attached hydrogen (secondary N) is 1. The molecule has 0 unspecified atom stereocenters. The average Bonchev–Trinajstić information content (AvgIpc) is 2.88. The first kappa shape index (κ1) is 17.9. The minimum atomic E-state index is -3.71. The molecule has 0 aliphatic heterocycles. The Morgan fingerprint density at radius 2 is 1.71 bits per heavy atom. The third-order valence-electron chi connectivity index (χ3n) is 3.87. The van der Waals surface area contributed by atoms with Crippen molar-refractivity contribution in [3.63, 3.8) is 0 Å². The molecule has 21 heavy (non-hydrogen) atoms. The van der Waals surface area contributed by atoms with Crippen LogP contribution in [0.3, 0.4) is 0 Å². The van der Waals surface area contributed by atoms with Gasteiger partial charge in [0.1, 0.15) is 0 Å². The third-order valence-corrected chi connectivity index (χ3v) is 4.80. The zero-order valence-electron chi connectivity index (χ0n) is 11.5. The van der Waals surface area contributed by atoms with Crippen LogP contribution in [0.5, 0.6) is 0 Å². The van der Waals surface area contributed by atoms with Gasteiger partial charge in [-0.3, -0.25) is 4.79 Å². The molecular formula is C13H20ClN3O3S. The summed E-state index contributed by atoms with van der Waals surface area (Å²) < 4.78 is 22.3. The van der Waals surface area contributed by atoms with Gasteiger partial charge in [-0.2, -0.15) is 0 Å². The van der Waals surface area contributed by atoms with Crippen molar-refractivity contribution in [3.05, 3.63) is 24.3 Å². The molecule has 0 heterocycles. The molecule has 0 bridgehead atoms. The lowest BCUT2D eigenvalue weighted by Crippen LogP contribution is -2.40. The van der Waals surface area contributed by atoms with Crippen molar-refractivity contribution >= 4 is 34.0 Å². The van der Waals surface area contributed by atoms with Crippen molar-refractivity contribution < 1.29 is 13.2 Å². The fourth-order valence-corrected chi connectivity index (χ4v) is 3.08. The van der Waals surface area contributed by atoms with Crippen molar-refractivity contribution in [2.45, 2.75) is 30.6 Å². The summed E-state index contributed by atoms with van der Waals surface area (Å²) >= 11 is 0. The quantitative estimate of drug-likeness (QED) is 0.768. The van der Waals surface area contributed by atoms with E-state index in [2.05, 4.69) is 5.32 Å². The first-order valence-corrected chi connectivity index (χ1v) is 8.06. The largest absolute Gasteiger partial charge is 0.329 e. The summed E-state index contributed by atoms with van der Waals surface area (Å²) in [6.45, 7) is 0.327. The molecule has 1 aliphatic carbocycles. The molecule has 0 saturated heterocycles. The molecule has 0 aromatic heterocycles. The Morgan fingerprint density at radius 1 is 1.19 bits per heavy atom. The topological polar surface area (TPSA) is 115 Å². The standard InChI is InChI=1S/C13H19N3O3S.ClH/c14-9-13(7-1-2-8-13)12(17)16-10-3-5-11(6-4-10)20(15,18)19;/h3-6H,1-2,7-9,14H2,(H,16,17)(H2,15,18,19);1H. The van der Waals surface area contributed by atoms with E-state index in [0.717, 1.165) is 25.7 Å². The van der Waals surface area contributed by atoms with Gasteiger partial charge in [0.15, 0.2) is 0 Å². The van der Waals surface area contributed by atoms with E-state index >= 15 is 0 Å². The number of primary sulfonamides is 1. The summed E-state index contributed by atoms with van der Waals surface area (Å²) in [7, 11) is -3.71. The van der Waals surface area contributed by atoms with E-state index in [9.17, 15) is 13.2 Å². The predicted octanol–water partition coefficient (Wildman–Crippen LogP) is 1.21. The van der Waals surface area contributed by atoms with E-state index in [-0.39, 0.29) is 23.2 Å². The summed E-state index contributed by atoms with van der Waals surface area (Å²) in [5.41, 5.74) is 5.80. The van der Waals surface area contributed by atoms with Crippen LogP contribution < -0.4 is 16.2 Å². The van der Waals surface area contributed by atoms with Gasteiger partial charge in [0.25, 0.3) is 0 Å². The van der Waals surface area contributed by atoms with Gasteiger partial charge in [-0.15, -0.1) is 12.4 Å². The average molecular weight is 334 g/mol. The second-order valence-corrected chi connectivity index (χ2v) is 6.78. The maximum Gasteiger partial charge on any atom is 0.238 e. The number of benzene rings is 1. The molecule has 0 atom stereocenters. The van der Waals surface area contributed by atoms with Crippen LogP contribution in [0.25, 0.3) is 0 Å². The Balaban J connectivity index is 0.00000220. The number of carbonyl (C=O) groups is 1. The molecule has 0 radical (unpaired) electrons. The van der Waals surface area contributed by atoms with Crippen LogP contribution in [-0.2, 0) is 14.8 Å². The fourth-order valence-electron chi connectivity index (χ4n) is 2.57. The highest BCUT2D eigenvalue weighted by atomic mass is 35.5. The van der Waals surface area contributed by atoms with E-state index in [1.807, 2.05) is 0 Å². The maximum absolute atomic E-state index is 12.3. The zero-order valence-corrected chi connectivity index (χ0v) is 13.2. The van der Waals surface area contributed by atoms with E-state index in [1.165, 1.54) is 24.3 Å². The normalized spacial score (nSPS) is 17.0. The van der Waals surface area contributed by atoms with Crippen LogP contribution in [-0.4, -0.2) is 20.9 Å². The molecule has 1 aromatic carbocycles. The smallest absolute Gasteiger partial charge is 0.238 e. The van der Waals surface area contributed by atoms with Gasteiger partial charge < -0.3 is 11.1 Å². The van der Waals surface area contributed by atoms with Gasteiger partial charge in [-0.1, -0.05) is 12.8 Å². The minimum Gasteiger partial charge on any atom is -0.329 e. The molecule has 0 spiro atoms. The van der Waals surface area contributed by atoms with Crippen LogP contribution in [0.2, 0.25) is 0 Å². The van der Waals surface area contributed by atoms with E-state index in [1.54, 1.807) is 0 Å². The number of rotatable bonds is 4. The number of halogens is 1. The monoisotopic (exact) mass is 333 g/mol. The first-order chi connectivity index (χ1) is 9.37. The van der Waals surface area contributed by atoms with Crippen LogP contribution in [0.1, 0.15) is 25.7 Å². The van der Waals surface area contributed by atoms with Crippen molar-refractivity contribution in [2.75, 3.05) is 11.9 Å². The van der Waals surface area contributed by atoms with Crippen molar-refractivity contribution in [2.24, 2.45) is 16.3 Å². The number of nitrogens with two attached hydrogens (primary N) is 2. The Bertz CT molecular complexity index is 596. The Hall–Kier alpha value is -1.15. The SMILES string of the molecule is Cl.NCC1(C(=O)Nc2ccc(S(N)(=O)=O)cc2)CCCC1. The first-order valence-electron chi connectivity index (χ1n) is 6.52. The highest BCUT2D eigenvalue weighted by Crippen LogP contribution is 2.38. The van der Waals surface area contributed by atoms with Gasteiger partial charge in [-0.05, 0) is 37.1 Å². The van der Waals surface area contributed by atoms with Gasteiger partial charge in [0.2, 0.25) is 15.9 Å². The van der Waals surface area contributed by atoms with Gasteiger partial charge in [0.05, 0.1) is 10.3 Å². The Labute approximate surface area is 130 Å². The predicted molar refractivity (Wildman–Crippen MR) is 83.6 cm³/mol. The zero-order chi connectivity index (χ0) is 14.8. The second-order valence-electron chi connectivity index (χ2n) is 5.22. The lowest BCUT2D eigenvalue weighted by Gasteiger charge is -2.25. The lowest BCUT2D eigenvalue weighted by atomic mass is 9.85. The maximum atomic E-state index is 12.3. The summed E-state index contributed by atoms with van der Waals surface area (Å²) in [5.74, 6) is -0.0964. The molecule has 1 fully saturated rings. The molecule has 118 valence electrons. The molecule has 1 aliphatic rings. The summed E-state index contributed by atoms with van der Waals surface area (Å²) in [4.78, 5) is 12.3. The molecule has 1 amide bonds. The Kier molecular flexibility index (Phi) is 5.75. The highest BCUT2D eigenvalue weighted by Gasteiger charge is 2.39. The van der Waals surface area contributed by atoms with E-state index < -0.39 is 15.4 Å². The number of anilines is 1. The van der Waals surface area contributed by atoms with Crippen molar-refractivity contribution in [1.29, 1.82) is 0 Å². The number of hydrogen-bond acceptors (Lipinski definition) is 4. The van der Waals surface area contributed by atoms with Crippen molar-refractivity contribution in [1.82, 2.24) is 0 Å². The molecular weight excluding hydrogens is 314 g/mol. The van der Waals surface area contributed by atoms with Crippen LogP contribution >= 0.6 is 12.4 Å². The van der Waals surface area contributed by atoms with Crippen LogP contribution in [0.4, 0.5) is 5.69 Å². The number of amides is 1. The third kappa shape index (κ3) is 3.94. The molecule has 1 saturated carbocycles. The van der Waals surface area contributed by atoms with Gasteiger partial charge in [-0.25, -0.2) is 13.6 Å². The number of hydrogen-bond donors (Lipinski definition) is 3. The van der Waals surface area contributed by atoms with Crippen molar-refractivity contribution in [3.8, 4) is 0 Å². The van der Waals surface area contributed by atoms with Crippen LogP contribution in [0, 0.1) is 5.41 Å². The van der Waals surface area contributed by atoms with Crippen LogP contribution in [0.15, 0.2) is 29.2 Å². The van der Waals surface area contributed by atoms with E-state index in [0.29, 0.717) is 12.2 Å². The van der Waals surface area contributed by atoms with Gasteiger partial charge >= 0.3 is 0 Å². The summed E-state index contributed by atoms with van der Waals surface area (Å²) in [6.07, 6.45) is 3.61.